The van der Waals surface area contributed by atoms with Gasteiger partial charge < -0.3 is 24.0 Å². The Balaban J connectivity index is 0.00000114. The average molecular weight is 445 g/mol. The fourth-order valence-corrected chi connectivity index (χ4v) is 4.29. The molecule has 1 aromatic heterocycles. The number of ether oxygens (including phenoxy) is 2. The Morgan fingerprint density at radius 1 is 1.22 bits per heavy atom. The maximum Gasteiger partial charge on any atom is 0.290 e. The molecule has 174 valence electrons. The van der Waals surface area contributed by atoms with E-state index in [4.69, 9.17) is 19.4 Å². The van der Waals surface area contributed by atoms with Gasteiger partial charge >= 0.3 is 0 Å². The zero-order valence-electron chi connectivity index (χ0n) is 19.4. The number of carbonyl (C=O) groups is 2. The molecule has 1 unspecified atom stereocenters. The van der Waals surface area contributed by atoms with Crippen LogP contribution in [0.25, 0.3) is 0 Å². The molecule has 0 bridgehead atoms. The third kappa shape index (κ3) is 5.49. The number of nitrogens with zero attached hydrogens (tertiary/aromatic N) is 2. The van der Waals surface area contributed by atoms with E-state index in [1.165, 1.54) is 0 Å². The lowest BCUT2D eigenvalue weighted by atomic mass is 9.98. The quantitative estimate of drug-likeness (QED) is 0.688. The van der Waals surface area contributed by atoms with Crippen LogP contribution in [0.2, 0.25) is 0 Å². The van der Waals surface area contributed by atoms with Crippen molar-refractivity contribution >= 4 is 12.4 Å². The SMILES string of the molecule is CCc1c(C)cc(C(=O)N2CCC(Cc3ccc(OC)c(OC)c3)C2)c(=O)n1C.O=CO. The molecule has 1 aliphatic rings. The molecule has 3 rings (SSSR count). The summed E-state index contributed by atoms with van der Waals surface area (Å²) in [6.45, 7) is 5.06. The first-order valence-electron chi connectivity index (χ1n) is 10.6. The van der Waals surface area contributed by atoms with E-state index in [2.05, 4.69) is 0 Å². The molecule has 32 heavy (non-hydrogen) atoms. The number of carbonyl (C=O) groups excluding carboxylic acids is 1. The van der Waals surface area contributed by atoms with Crippen LogP contribution in [0.3, 0.4) is 0 Å². The van der Waals surface area contributed by atoms with Crippen molar-refractivity contribution in [1.29, 1.82) is 0 Å². The maximum absolute atomic E-state index is 13.0. The number of aryl methyl sites for hydroxylation is 1. The predicted octanol–water partition coefficient (Wildman–Crippen LogP) is 2.68. The molecule has 1 fully saturated rings. The molecule has 1 atom stereocenters. The van der Waals surface area contributed by atoms with Gasteiger partial charge in [-0.25, -0.2) is 0 Å². The summed E-state index contributed by atoms with van der Waals surface area (Å²) >= 11 is 0. The van der Waals surface area contributed by atoms with Gasteiger partial charge in [0.25, 0.3) is 17.9 Å². The number of pyridine rings is 1. The second-order valence-electron chi connectivity index (χ2n) is 7.81. The Labute approximate surface area is 188 Å². The van der Waals surface area contributed by atoms with Crippen LogP contribution in [0.1, 0.15) is 40.5 Å². The molecule has 1 amide bonds. The number of amides is 1. The van der Waals surface area contributed by atoms with Gasteiger partial charge in [0.15, 0.2) is 11.5 Å². The third-order valence-corrected chi connectivity index (χ3v) is 5.87. The second-order valence-corrected chi connectivity index (χ2v) is 7.81. The number of rotatable bonds is 6. The van der Waals surface area contributed by atoms with E-state index in [9.17, 15) is 9.59 Å². The summed E-state index contributed by atoms with van der Waals surface area (Å²) in [5.74, 6) is 1.62. The lowest BCUT2D eigenvalue weighted by Gasteiger charge is -2.19. The van der Waals surface area contributed by atoms with Crippen LogP contribution >= 0.6 is 0 Å². The summed E-state index contributed by atoms with van der Waals surface area (Å²) < 4.78 is 12.3. The summed E-state index contributed by atoms with van der Waals surface area (Å²) in [4.78, 5) is 35.9. The monoisotopic (exact) mass is 444 g/mol. The zero-order chi connectivity index (χ0) is 23.8. The molecule has 2 heterocycles. The highest BCUT2D eigenvalue weighted by atomic mass is 16.5. The second kappa shape index (κ2) is 11.4. The van der Waals surface area contributed by atoms with Gasteiger partial charge in [0.2, 0.25) is 0 Å². The van der Waals surface area contributed by atoms with Crippen LogP contribution in [0.4, 0.5) is 0 Å². The molecule has 1 aliphatic heterocycles. The normalized spacial score (nSPS) is 15.0. The number of methoxy groups -OCH3 is 2. The Kier molecular flexibility index (Phi) is 8.87. The van der Waals surface area contributed by atoms with Crippen LogP contribution in [0.5, 0.6) is 11.5 Å². The molecule has 0 saturated carbocycles. The van der Waals surface area contributed by atoms with Crippen LogP contribution in [0, 0.1) is 12.8 Å². The molecular weight excluding hydrogens is 412 g/mol. The highest BCUT2D eigenvalue weighted by molar-refractivity contribution is 5.94. The molecule has 2 aromatic rings. The molecule has 1 saturated heterocycles. The van der Waals surface area contributed by atoms with Crippen molar-refractivity contribution in [3.05, 3.63) is 57.0 Å². The van der Waals surface area contributed by atoms with E-state index >= 15 is 0 Å². The van der Waals surface area contributed by atoms with E-state index in [-0.39, 0.29) is 23.5 Å². The van der Waals surface area contributed by atoms with Gasteiger partial charge in [-0.1, -0.05) is 13.0 Å². The Morgan fingerprint density at radius 2 is 1.88 bits per heavy atom. The minimum atomic E-state index is -0.250. The van der Waals surface area contributed by atoms with E-state index < -0.39 is 0 Å². The number of carboxylic acid groups (broad SMARTS) is 1. The van der Waals surface area contributed by atoms with Gasteiger partial charge in [-0.2, -0.15) is 0 Å². The summed E-state index contributed by atoms with van der Waals surface area (Å²) in [5.41, 5.74) is 3.18. The summed E-state index contributed by atoms with van der Waals surface area (Å²) in [5, 5.41) is 6.89. The van der Waals surface area contributed by atoms with Crippen molar-refractivity contribution in [2.75, 3.05) is 27.3 Å². The number of hydrogen-bond acceptors (Lipinski definition) is 5. The van der Waals surface area contributed by atoms with Crippen molar-refractivity contribution < 1.29 is 24.2 Å². The van der Waals surface area contributed by atoms with Gasteiger partial charge in [0, 0.05) is 25.8 Å². The molecule has 0 aliphatic carbocycles. The van der Waals surface area contributed by atoms with Crippen molar-refractivity contribution in [2.24, 2.45) is 13.0 Å². The molecule has 8 nitrogen and oxygen atoms in total. The van der Waals surface area contributed by atoms with Crippen LogP contribution in [-0.4, -0.2) is 54.3 Å². The summed E-state index contributed by atoms with van der Waals surface area (Å²) in [6, 6.07) is 7.69. The summed E-state index contributed by atoms with van der Waals surface area (Å²) in [6.07, 6.45) is 2.55. The Bertz CT molecular complexity index is 1010. The molecule has 0 spiro atoms. The highest BCUT2D eigenvalue weighted by Crippen LogP contribution is 2.30. The predicted molar refractivity (Wildman–Crippen MR) is 122 cm³/mol. The standard InChI is InChI=1S/C23H30N2O4.CH2O2/c1-6-19-15(2)11-18(22(26)24(19)3)23(27)25-10-9-17(14-25)12-16-7-8-20(28-4)21(13-16)29-5;2-1-3/h7-8,11,13,17H,6,9-10,12,14H2,1-5H3;1H,(H,2,3). The fraction of sp³-hybridized carbons (Fsp3) is 0.458. The maximum atomic E-state index is 13.0. The molecule has 0 radical (unpaired) electrons. The first-order chi connectivity index (χ1) is 15.3. The van der Waals surface area contributed by atoms with Gasteiger partial charge in [0.1, 0.15) is 5.56 Å². The van der Waals surface area contributed by atoms with Crippen LogP contribution in [-0.2, 0) is 24.7 Å². The van der Waals surface area contributed by atoms with Gasteiger partial charge in [-0.15, -0.1) is 0 Å². The summed E-state index contributed by atoms with van der Waals surface area (Å²) in [7, 11) is 5.00. The van der Waals surface area contributed by atoms with E-state index in [0.29, 0.717) is 30.5 Å². The number of hydrogen-bond donors (Lipinski definition) is 1. The lowest BCUT2D eigenvalue weighted by Crippen LogP contribution is -2.36. The largest absolute Gasteiger partial charge is 0.493 e. The lowest BCUT2D eigenvalue weighted by molar-refractivity contribution is -0.122. The minimum Gasteiger partial charge on any atom is -0.493 e. The Morgan fingerprint density at radius 3 is 2.47 bits per heavy atom. The van der Waals surface area contributed by atoms with Gasteiger partial charge in [-0.3, -0.25) is 14.4 Å². The van der Waals surface area contributed by atoms with E-state index in [1.807, 2.05) is 36.9 Å². The van der Waals surface area contributed by atoms with Crippen LogP contribution in [0.15, 0.2) is 29.1 Å². The highest BCUT2D eigenvalue weighted by Gasteiger charge is 2.29. The van der Waals surface area contributed by atoms with Crippen molar-refractivity contribution in [2.45, 2.75) is 33.1 Å². The fourth-order valence-electron chi connectivity index (χ4n) is 4.29. The number of likely N-dealkylation sites (tertiary alicyclic amines) is 1. The van der Waals surface area contributed by atoms with Crippen LogP contribution < -0.4 is 15.0 Å². The van der Waals surface area contributed by atoms with Gasteiger partial charge in [-0.05, 0) is 61.4 Å². The Hall–Kier alpha value is -3.29. The molecule has 1 N–H and O–H groups in total. The average Bonchev–Trinajstić information content (AvgIpc) is 3.25. The molecule has 1 aromatic carbocycles. The van der Waals surface area contributed by atoms with E-state index in [1.54, 1.807) is 31.9 Å². The first-order valence-corrected chi connectivity index (χ1v) is 10.6. The minimum absolute atomic E-state index is 0.161. The third-order valence-electron chi connectivity index (χ3n) is 5.87. The topological polar surface area (TPSA) is 98.1 Å². The number of aromatic nitrogens is 1. The zero-order valence-corrected chi connectivity index (χ0v) is 19.4. The van der Waals surface area contributed by atoms with Gasteiger partial charge in [0.05, 0.1) is 14.2 Å². The van der Waals surface area contributed by atoms with Crippen molar-refractivity contribution in [3.63, 3.8) is 0 Å². The first kappa shape index (κ1) is 25.0. The molecule has 8 heteroatoms. The van der Waals surface area contributed by atoms with Crippen molar-refractivity contribution in [3.8, 4) is 11.5 Å². The number of benzene rings is 1. The van der Waals surface area contributed by atoms with Crippen molar-refractivity contribution in [1.82, 2.24) is 9.47 Å². The molecular formula is C24H32N2O6. The van der Waals surface area contributed by atoms with E-state index in [0.717, 1.165) is 36.1 Å². The smallest absolute Gasteiger partial charge is 0.290 e.